The third-order valence-corrected chi connectivity index (χ3v) is 8.71. The van der Waals surface area contributed by atoms with Crippen LogP contribution in [0, 0.1) is 11.8 Å². The maximum Gasteiger partial charge on any atom is 0.146 e. The number of benzene rings is 4. The number of carbonyl (C=O) groups is 1. The van der Waals surface area contributed by atoms with Crippen LogP contribution in [-0.4, -0.2) is 34.2 Å². The Morgan fingerprint density at radius 3 is 0.810 bits per heavy atom. The Balaban J connectivity index is 1.49. The van der Waals surface area contributed by atoms with E-state index in [1.165, 1.54) is 0 Å². The maximum absolute atomic E-state index is 14.9. The number of hydrogen-bond donors (Lipinski definition) is 2. The topological polar surface area (TPSA) is 78.1 Å². The number of Topliss-reactive ketones (excluding diaryl/α,β-unsaturated/α-hetero) is 1. The van der Waals surface area contributed by atoms with Crippen LogP contribution in [0.15, 0.2) is 97.1 Å². The largest absolute Gasteiger partial charge is 0.497 e. The van der Waals surface area contributed by atoms with Gasteiger partial charge in [0.05, 0.1) is 40.3 Å². The van der Waals surface area contributed by atoms with Gasteiger partial charge in [0.25, 0.3) is 0 Å². The highest BCUT2D eigenvalue weighted by atomic mass is 16.5. The second-order valence-electron chi connectivity index (χ2n) is 10.8. The number of piperidine rings is 2. The van der Waals surface area contributed by atoms with Gasteiger partial charge in [0.15, 0.2) is 0 Å². The molecule has 7 heteroatoms. The van der Waals surface area contributed by atoms with Crippen molar-refractivity contribution in [3.8, 4) is 23.0 Å². The highest BCUT2D eigenvalue weighted by Gasteiger charge is 2.55. The van der Waals surface area contributed by atoms with Gasteiger partial charge in [-0.1, -0.05) is 48.5 Å². The van der Waals surface area contributed by atoms with Crippen molar-refractivity contribution in [3.05, 3.63) is 119 Å². The van der Waals surface area contributed by atoms with Gasteiger partial charge in [0.2, 0.25) is 0 Å². The van der Waals surface area contributed by atoms with E-state index < -0.39 is 0 Å². The Morgan fingerprint density at radius 1 is 0.405 bits per heavy atom. The van der Waals surface area contributed by atoms with E-state index in [0.29, 0.717) is 0 Å². The number of ether oxygens (including phenoxy) is 4. The van der Waals surface area contributed by atoms with Crippen molar-refractivity contribution in [2.45, 2.75) is 24.2 Å². The van der Waals surface area contributed by atoms with Crippen molar-refractivity contribution in [3.63, 3.8) is 0 Å². The molecule has 7 nitrogen and oxygen atoms in total. The molecule has 4 aromatic rings. The first-order valence-corrected chi connectivity index (χ1v) is 14.2. The summed E-state index contributed by atoms with van der Waals surface area (Å²) < 4.78 is 21.7. The summed E-state index contributed by atoms with van der Waals surface area (Å²) in [5, 5.41) is 7.89. The second-order valence-corrected chi connectivity index (χ2v) is 10.8. The molecule has 2 saturated heterocycles. The first-order valence-electron chi connectivity index (χ1n) is 14.2. The lowest BCUT2D eigenvalue weighted by Gasteiger charge is -2.52. The molecule has 6 rings (SSSR count). The summed E-state index contributed by atoms with van der Waals surface area (Å²) in [6, 6.07) is 31.1. The summed E-state index contributed by atoms with van der Waals surface area (Å²) in [6.07, 6.45) is 0. The van der Waals surface area contributed by atoms with Crippen molar-refractivity contribution in [1.29, 1.82) is 0 Å². The Kier molecular flexibility index (Phi) is 7.87. The fourth-order valence-corrected chi connectivity index (χ4v) is 6.52. The van der Waals surface area contributed by atoms with Gasteiger partial charge in [0.1, 0.15) is 28.8 Å². The maximum atomic E-state index is 14.9. The van der Waals surface area contributed by atoms with Crippen molar-refractivity contribution in [2.75, 3.05) is 28.4 Å². The Hall–Kier alpha value is -4.33. The third-order valence-electron chi connectivity index (χ3n) is 8.71. The molecule has 2 aliphatic rings. The molecule has 0 saturated carbocycles. The number of carbonyl (C=O) groups excluding carboxylic acids is 1. The molecule has 0 amide bonds. The number of nitrogens with one attached hydrogen (secondary N) is 2. The minimum Gasteiger partial charge on any atom is -0.497 e. The number of ketones is 1. The number of rotatable bonds is 8. The van der Waals surface area contributed by atoms with Crippen LogP contribution in [0.25, 0.3) is 0 Å². The lowest BCUT2D eigenvalue weighted by atomic mass is 9.64. The monoisotopic (exact) mass is 564 g/mol. The van der Waals surface area contributed by atoms with Crippen molar-refractivity contribution < 1.29 is 23.7 Å². The van der Waals surface area contributed by atoms with E-state index in [1.54, 1.807) is 28.4 Å². The molecule has 2 aliphatic heterocycles. The molecule has 2 unspecified atom stereocenters. The number of fused-ring (bicyclic) bond motifs is 2. The average Bonchev–Trinajstić information content (AvgIpc) is 3.05. The molecule has 4 aromatic carbocycles. The van der Waals surface area contributed by atoms with Gasteiger partial charge in [-0.2, -0.15) is 0 Å². The van der Waals surface area contributed by atoms with Crippen LogP contribution in [0.1, 0.15) is 46.4 Å². The van der Waals surface area contributed by atoms with Gasteiger partial charge in [-0.3, -0.25) is 4.79 Å². The summed E-state index contributed by atoms with van der Waals surface area (Å²) in [5.41, 5.74) is 4.15. The van der Waals surface area contributed by atoms with E-state index in [1.807, 2.05) is 48.5 Å². The Morgan fingerprint density at radius 2 is 0.619 bits per heavy atom. The lowest BCUT2D eigenvalue weighted by Crippen LogP contribution is -2.60. The molecule has 0 aromatic heterocycles. The van der Waals surface area contributed by atoms with Gasteiger partial charge in [-0.05, 0) is 70.8 Å². The predicted molar refractivity (Wildman–Crippen MR) is 161 cm³/mol. The molecule has 2 N–H and O–H groups in total. The molecule has 0 spiro atoms. The first-order chi connectivity index (χ1) is 20.5. The Labute approximate surface area is 246 Å². The zero-order valence-corrected chi connectivity index (χ0v) is 24.2. The van der Waals surface area contributed by atoms with E-state index in [9.17, 15) is 4.79 Å². The van der Waals surface area contributed by atoms with Gasteiger partial charge in [-0.15, -0.1) is 0 Å². The van der Waals surface area contributed by atoms with E-state index in [-0.39, 0.29) is 41.8 Å². The van der Waals surface area contributed by atoms with Crippen LogP contribution in [0.2, 0.25) is 0 Å². The fourth-order valence-electron chi connectivity index (χ4n) is 6.52. The fraction of sp³-hybridized carbons (Fsp3) is 0.286. The Bertz CT molecular complexity index is 1280. The summed E-state index contributed by atoms with van der Waals surface area (Å²) in [7, 11) is 6.63. The minimum absolute atomic E-state index is 0.232. The van der Waals surface area contributed by atoms with Gasteiger partial charge >= 0.3 is 0 Å². The van der Waals surface area contributed by atoms with E-state index in [4.69, 9.17) is 18.9 Å². The molecule has 2 heterocycles. The predicted octanol–water partition coefficient (Wildman–Crippen LogP) is 5.99. The van der Waals surface area contributed by atoms with Crippen molar-refractivity contribution in [2.24, 2.45) is 11.8 Å². The molecule has 216 valence electrons. The van der Waals surface area contributed by atoms with Crippen molar-refractivity contribution in [1.82, 2.24) is 10.6 Å². The van der Waals surface area contributed by atoms with Gasteiger partial charge < -0.3 is 29.6 Å². The molecular formula is C35H36N2O5. The highest BCUT2D eigenvalue weighted by molar-refractivity contribution is 5.89. The quantitative estimate of drug-likeness (QED) is 0.272. The average molecular weight is 565 g/mol. The second kappa shape index (κ2) is 11.9. The summed E-state index contributed by atoms with van der Waals surface area (Å²) >= 11 is 0. The van der Waals surface area contributed by atoms with Crippen LogP contribution < -0.4 is 29.6 Å². The SMILES string of the molecule is COc1ccc([C@H]2N[C@@H](c3ccc(OC)cc3)C3C(=O)C2[C@H](c2ccc(OC)cc2)N[C@H]3c2ccc(OC)cc2)cc1. The molecular weight excluding hydrogens is 528 g/mol. The first kappa shape index (κ1) is 27.8. The smallest absolute Gasteiger partial charge is 0.146 e. The van der Waals surface area contributed by atoms with E-state index in [2.05, 4.69) is 59.2 Å². The van der Waals surface area contributed by atoms with E-state index in [0.717, 1.165) is 45.3 Å². The highest BCUT2D eigenvalue weighted by Crippen LogP contribution is 2.52. The minimum atomic E-state index is -0.346. The van der Waals surface area contributed by atoms with Crippen molar-refractivity contribution >= 4 is 5.78 Å². The molecule has 6 atom stereocenters. The van der Waals surface area contributed by atoms with Crippen LogP contribution >= 0.6 is 0 Å². The number of hydrogen-bond acceptors (Lipinski definition) is 7. The molecule has 2 fully saturated rings. The standard InChI is InChI=1S/C35H36N2O5/c1-39-25-13-5-21(6-14-25)31-29-32(22-7-15-26(40-2)16-8-22)37-34(24-11-19-28(42-4)20-12-24)30(35(29)38)33(36-31)23-9-17-27(41-3)18-10-23/h5-20,29-34,36-37H,1-4H3/t29?,30?,31-,32-,33-,34+/m0/s1. The summed E-state index contributed by atoms with van der Waals surface area (Å²) in [5.74, 6) is 2.64. The van der Waals surface area contributed by atoms with Crippen LogP contribution in [0.5, 0.6) is 23.0 Å². The molecule has 42 heavy (non-hydrogen) atoms. The van der Waals surface area contributed by atoms with Crippen LogP contribution in [0.3, 0.4) is 0 Å². The zero-order valence-electron chi connectivity index (χ0n) is 24.2. The van der Waals surface area contributed by atoms with Crippen LogP contribution in [0.4, 0.5) is 0 Å². The normalized spacial score (nSPS) is 25.0. The van der Waals surface area contributed by atoms with Gasteiger partial charge in [0, 0.05) is 24.2 Å². The number of methoxy groups -OCH3 is 4. The molecule has 2 bridgehead atoms. The molecule has 0 aliphatic carbocycles. The molecule has 0 radical (unpaired) electrons. The summed E-state index contributed by atoms with van der Waals surface area (Å²) in [4.78, 5) is 14.9. The van der Waals surface area contributed by atoms with Gasteiger partial charge in [-0.25, -0.2) is 0 Å². The summed E-state index contributed by atoms with van der Waals surface area (Å²) in [6.45, 7) is 0. The van der Waals surface area contributed by atoms with E-state index >= 15 is 0 Å². The van der Waals surface area contributed by atoms with Crippen LogP contribution in [-0.2, 0) is 4.79 Å². The zero-order chi connectivity index (χ0) is 29.2. The third kappa shape index (κ3) is 5.10. The lowest BCUT2D eigenvalue weighted by molar-refractivity contribution is -0.139.